The van der Waals surface area contributed by atoms with Crippen molar-refractivity contribution in [3.8, 4) is 0 Å². The second-order valence-electron chi connectivity index (χ2n) is 6.45. The van der Waals surface area contributed by atoms with E-state index in [0.717, 1.165) is 28.1 Å². The van der Waals surface area contributed by atoms with Crippen molar-refractivity contribution in [2.75, 3.05) is 37.8 Å². The number of thiazole rings is 1. The van der Waals surface area contributed by atoms with Gasteiger partial charge < -0.3 is 4.90 Å². The summed E-state index contributed by atoms with van der Waals surface area (Å²) in [5, 5.41) is 0.361. The van der Waals surface area contributed by atoms with E-state index in [1.807, 2.05) is 37.2 Å². The highest BCUT2D eigenvalue weighted by molar-refractivity contribution is 7.99. The van der Waals surface area contributed by atoms with Crippen molar-refractivity contribution in [2.24, 2.45) is 0 Å². The second kappa shape index (κ2) is 8.98. The lowest BCUT2D eigenvalue weighted by molar-refractivity contribution is 0.0985. The van der Waals surface area contributed by atoms with Crippen LogP contribution in [-0.2, 0) is 0 Å². The van der Waals surface area contributed by atoms with Crippen molar-refractivity contribution in [1.82, 2.24) is 9.88 Å². The van der Waals surface area contributed by atoms with Crippen LogP contribution in [0.3, 0.4) is 0 Å². The second-order valence-corrected chi connectivity index (χ2v) is 8.80. The third-order valence-corrected chi connectivity index (χ3v) is 5.94. The lowest BCUT2D eigenvalue weighted by atomic mass is 10.2. The van der Waals surface area contributed by atoms with E-state index in [-0.39, 0.29) is 11.4 Å². The summed E-state index contributed by atoms with van der Waals surface area (Å²) in [7, 11) is 3.82. The van der Waals surface area contributed by atoms with Crippen LogP contribution in [0.1, 0.15) is 17.3 Å². The predicted octanol–water partition coefficient (Wildman–Crippen LogP) is 4.89. The molecule has 0 saturated heterocycles. The number of rotatable bonds is 7. The highest BCUT2D eigenvalue weighted by Gasteiger charge is 2.23. The zero-order chi connectivity index (χ0) is 20.3. The van der Waals surface area contributed by atoms with Crippen LogP contribution in [0, 0.1) is 11.6 Å². The molecule has 0 bridgehead atoms. The van der Waals surface area contributed by atoms with Crippen molar-refractivity contribution in [3.05, 3.63) is 53.6 Å². The van der Waals surface area contributed by atoms with Gasteiger partial charge in [0, 0.05) is 29.6 Å². The maximum absolute atomic E-state index is 14.1. The number of likely N-dealkylation sites (N-methyl/N-ethyl adjacent to an activating group) is 1. The normalized spacial score (nSPS) is 11.4. The molecule has 0 aliphatic heterocycles. The number of fused-ring (bicyclic) bond motifs is 1. The van der Waals surface area contributed by atoms with Crippen molar-refractivity contribution in [3.63, 3.8) is 0 Å². The van der Waals surface area contributed by atoms with Crippen molar-refractivity contribution in [2.45, 2.75) is 11.8 Å². The number of amides is 1. The Morgan fingerprint density at radius 1 is 1.18 bits per heavy atom. The van der Waals surface area contributed by atoms with E-state index in [0.29, 0.717) is 28.5 Å². The van der Waals surface area contributed by atoms with Crippen LogP contribution in [-0.4, -0.2) is 48.7 Å². The van der Waals surface area contributed by atoms with E-state index in [1.54, 1.807) is 17.8 Å². The van der Waals surface area contributed by atoms with E-state index in [1.165, 1.54) is 11.0 Å². The minimum absolute atomic E-state index is 0.0827. The summed E-state index contributed by atoms with van der Waals surface area (Å²) >= 11 is 2.77. The summed E-state index contributed by atoms with van der Waals surface area (Å²) in [4.78, 5) is 22.0. The molecular formula is C20H21F2N3OS2. The maximum Gasteiger partial charge on any atom is 0.260 e. The molecule has 0 fully saturated rings. The van der Waals surface area contributed by atoms with Crippen LogP contribution in [0.15, 0.2) is 41.3 Å². The largest absolute Gasteiger partial charge is 0.308 e. The Balaban J connectivity index is 2.00. The number of benzene rings is 2. The Hall–Kier alpha value is -2.03. The monoisotopic (exact) mass is 421 g/mol. The van der Waals surface area contributed by atoms with Crippen LogP contribution in [0.4, 0.5) is 13.9 Å². The molecule has 3 rings (SSSR count). The van der Waals surface area contributed by atoms with E-state index in [4.69, 9.17) is 0 Å². The standard InChI is InChI=1S/C20H21F2N3OS2/c1-4-27-15-7-5-6-13(10-15)19(26)25(9-8-24(2)3)20-23-18-16(22)11-14(21)12-17(18)28-20/h5-7,10-12H,4,8-9H2,1-3H3. The zero-order valence-corrected chi connectivity index (χ0v) is 17.5. The van der Waals surface area contributed by atoms with Gasteiger partial charge in [-0.2, -0.15) is 0 Å². The number of thioether (sulfide) groups is 1. The highest BCUT2D eigenvalue weighted by Crippen LogP contribution is 2.32. The molecule has 0 spiro atoms. The van der Waals surface area contributed by atoms with Gasteiger partial charge in [-0.05, 0) is 44.1 Å². The number of carbonyl (C=O) groups excluding carboxylic acids is 1. The van der Waals surface area contributed by atoms with Gasteiger partial charge in [0.15, 0.2) is 10.9 Å². The molecule has 28 heavy (non-hydrogen) atoms. The Kier molecular flexibility index (Phi) is 6.64. The van der Waals surface area contributed by atoms with Gasteiger partial charge >= 0.3 is 0 Å². The molecule has 4 nitrogen and oxygen atoms in total. The van der Waals surface area contributed by atoms with Gasteiger partial charge in [0.2, 0.25) is 0 Å². The van der Waals surface area contributed by atoms with E-state index >= 15 is 0 Å². The number of carbonyl (C=O) groups is 1. The van der Waals surface area contributed by atoms with Crippen LogP contribution in [0.2, 0.25) is 0 Å². The Bertz CT molecular complexity index is 991. The Morgan fingerprint density at radius 2 is 1.96 bits per heavy atom. The molecule has 1 aromatic heterocycles. The van der Waals surface area contributed by atoms with Crippen molar-refractivity contribution < 1.29 is 13.6 Å². The summed E-state index contributed by atoms with van der Waals surface area (Å²) < 4.78 is 28.0. The van der Waals surface area contributed by atoms with E-state index < -0.39 is 11.6 Å². The molecule has 2 aromatic carbocycles. The van der Waals surface area contributed by atoms with Gasteiger partial charge in [0.25, 0.3) is 5.91 Å². The molecule has 0 aliphatic carbocycles. The van der Waals surface area contributed by atoms with Crippen LogP contribution < -0.4 is 4.90 Å². The van der Waals surface area contributed by atoms with Gasteiger partial charge in [-0.15, -0.1) is 11.8 Å². The minimum Gasteiger partial charge on any atom is -0.308 e. The first-order valence-electron chi connectivity index (χ1n) is 8.84. The van der Waals surface area contributed by atoms with E-state index in [2.05, 4.69) is 11.9 Å². The smallest absolute Gasteiger partial charge is 0.260 e. The summed E-state index contributed by atoms with van der Waals surface area (Å²) in [5.74, 6) is -0.681. The molecular weight excluding hydrogens is 400 g/mol. The van der Waals surface area contributed by atoms with Crippen LogP contribution in [0.25, 0.3) is 10.2 Å². The quantitative estimate of drug-likeness (QED) is 0.509. The fraction of sp³-hybridized carbons (Fsp3) is 0.300. The van der Waals surface area contributed by atoms with Gasteiger partial charge in [0.1, 0.15) is 11.3 Å². The molecule has 0 N–H and O–H groups in total. The first kappa shape index (κ1) is 20.7. The number of anilines is 1. The van der Waals surface area contributed by atoms with E-state index in [9.17, 15) is 13.6 Å². The SMILES string of the molecule is CCSc1cccc(C(=O)N(CCN(C)C)c2nc3c(F)cc(F)cc3s2)c1. The molecule has 1 amide bonds. The molecule has 0 aliphatic rings. The number of aromatic nitrogens is 1. The summed E-state index contributed by atoms with van der Waals surface area (Å²) in [6, 6.07) is 9.48. The summed E-state index contributed by atoms with van der Waals surface area (Å²) in [5.41, 5.74) is 0.627. The third kappa shape index (κ3) is 4.68. The Morgan fingerprint density at radius 3 is 2.68 bits per heavy atom. The first-order valence-corrected chi connectivity index (χ1v) is 10.6. The molecule has 8 heteroatoms. The van der Waals surface area contributed by atoms with Gasteiger partial charge in [-0.25, -0.2) is 13.8 Å². The van der Waals surface area contributed by atoms with Crippen molar-refractivity contribution in [1.29, 1.82) is 0 Å². The minimum atomic E-state index is -0.723. The average molecular weight is 422 g/mol. The Labute approximate surface area is 171 Å². The summed E-state index contributed by atoms with van der Waals surface area (Å²) in [6.07, 6.45) is 0. The predicted molar refractivity (Wildman–Crippen MR) is 113 cm³/mol. The zero-order valence-electron chi connectivity index (χ0n) is 15.9. The average Bonchev–Trinajstić information content (AvgIpc) is 3.06. The number of halogens is 2. The fourth-order valence-electron chi connectivity index (χ4n) is 2.69. The van der Waals surface area contributed by atoms with Gasteiger partial charge in [-0.3, -0.25) is 9.69 Å². The molecule has 0 atom stereocenters. The number of hydrogen-bond acceptors (Lipinski definition) is 5. The number of nitrogens with zero attached hydrogens (tertiary/aromatic N) is 3. The van der Waals surface area contributed by atoms with Gasteiger partial charge in [0.05, 0.1) is 4.70 Å². The first-order chi connectivity index (χ1) is 13.4. The molecule has 0 unspecified atom stereocenters. The number of hydrogen-bond donors (Lipinski definition) is 0. The topological polar surface area (TPSA) is 36.4 Å². The molecule has 3 aromatic rings. The third-order valence-electron chi connectivity index (χ3n) is 4.04. The lowest BCUT2D eigenvalue weighted by Gasteiger charge is -2.22. The van der Waals surface area contributed by atoms with Crippen LogP contribution in [0.5, 0.6) is 0 Å². The lowest BCUT2D eigenvalue weighted by Crippen LogP contribution is -2.36. The fourth-order valence-corrected chi connectivity index (χ4v) is 4.43. The van der Waals surface area contributed by atoms with Crippen molar-refractivity contribution >= 4 is 44.4 Å². The summed E-state index contributed by atoms with van der Waals surface area (Å²) in [6.45, 7) is 3.06. The molecule has 0 radical (unpaired) electrons. The molecule has 0 saturated carbocycles. The van der Waals surface area contributed by atoms with Crippen LogP contribution >= 0.6 is 23.1 Å². The highest BCUT2D eigenvalue weighted by atomic mass is 32.2. The van der Waals surface area contributed by atoms with Gasteiger partial charge in [-0.1, -0.05) is 24.3 Å². The molecule has 1 heterocycles. The molecule has 148 valence electrons. The maximum atomic E-state index is 14.1.